The summed E-state index contributed by atoms with van der Waals surface area (Å²) in [5.41, 5.74) is 1.70. The van der Waals surface area contributed by atoms with Gasteiger partial charge < -0.3 is 9.30 Å². The van der Waals surface area contributed by atoms with Gasteiger partial charge in [-0.05, 0) is 51.7 Å². The zero-order valence-electron chi connectivity index (χ0n) is 16.5. The largest absolute Gasteiger partial charge is 0.458 e. The summed E-state index contributed by atoms with van der Waals surface area (Å²) in [5.74, 6) is 4.88. The number of hydrogen-bond acceptors (Lipinski definition) is 5. The van der Waals surface area contributed by atoms with Gasteiger partial charge in [-0.25, -0.2) is 15.7 Å². The van der Waals surface area contributed by atoms with Crippen LogP contribution in [0.25, 0.3) is 5.57 Å². The van der Waals surface area contributed by atoms with Crippen molar-refractivity contribution in [3.8, 4) is 0 Å². The number of hydrogen-bond donors (Lipinski definition) is 1. The number of ether oxygens (including phenoxy) is 1. The molecule has 0 radical (unpaired) electrons. The Labute approximate surface area is 160 Å². The molecule has 0 fully saturated rings. The van der Waals surface area contributed by atoms with Crippen molar-refractivity contribution in [2.75, 3.05) is 0 Å². The summed E-state index contributed by atoms with van der Waals surface area (Å²) in [6, 6.07) is 10.3. The lowest BCUT2D eigenvalue weighted by Gasteiger charge is -2.23. The first kappa shape index (κ1) is 20.9. The van der Waals surface area contributed by atoms with Crippen molar-refractivity contribution >= 4 is 11.5 Å². The van der Waals surface area contributed by atoms with Crippen LogP contribution in [0.15, 0.2) is 55.1 Å². The lowest BCUT2D eigenvalue weighted by Crippen LogP contribution is -2.35. The number of carbonyl (C=O) groups is 1. The summed E-state index contributed by atoms with van der Waals surface area (Å²) in [6.07, 6.45) is 7.90. The maximum Gasteiger partial charge on any atom is 0.337 e. The van der Waals surface area contributed by atoms with Crippen molar-refractivity contribution in [3.63, 3.8) is 0 Å². The SMILES string of the molecule is CC(/C(=C/CCC(ON)C(=O)OC(C)(C)C)c1ccccc1)n1ccnc1. The van der Waals surface area contributed by atoms with Gasteiger partial charge in [-0.3, -0.25) is 4.84 Å². The van der Waals surface area contributed by atoms with E-state index >= 15 is 0 Å². The molecular weight excluding hydrogens is 342 g/mol. The molecular formula is C21H29N3O3. The molecule has 0 bridgehead atoms. The van der Waals surface area contributed by atoms with Crippen molar-refractivity contribution < 1.29 is 14.4 Å². The highest BCUT2D eigenvalue weighted by molar-refractivity contribution is 5.75. The topological polar surface area (TPSA) is 79.4 Å². The fraction of sp³-hybridized carbons (Fsp3) is 0.429. The minimum absolute atomic E-state index is 0.105. The number of nitrogens with zero attached hydrogens (tertiary/aromatic N) is 2. The van der Waals surface area contributed by atoms with Gasteiger partial charge in [0.1, 0.15) is 5.60 Å². The minimum atomic E-state index is -0.791. The first-order chi connectivity index (χ1) is 12.8. The summed E-state index contributed by atoms with van der Waals surface area (Å²) in [4.78, 5) is 21.2. The van der Waals surface area contributed by atoms with Crippen LogP contribution >= 0.6 is 0 Å². The number of allylic oxidation sites excluding steroid dienone is 2. The normalized spacial score (nSPS) is 14.6. The van der Waals surface area contributed by atoms with Crippen LogP contribution in [0.2, 0.25) is 0 Å². The van der Waals surface area contributed by atoms with Gasteiger partial charge >= 0.3 is 5.97 Å². The van der Waals surface area contributed by atoms with Gasteiger partial charge in [-0.1, -0.05) is 36.4 Å². The summed E-state index contributed by atoms with van der Waals surface area (Å²) in [5, 5.41) is 0. The second-order valence-corrected chi connectivity index (χ2v) is 7.45. The monoisotopic (exact) mass is 371 g/mol. The van der Waals surface area contributed by atoms with Crippen molar-refractivity contribution in [3.05, 3.63) is 60.7 Å². The van der Waals surface area contributed by atoms with Gasteiger partial charge in [0, 0.05) is 12.4 Å². The van der Waals surface area contributed by atoms with E-state index in [1.807, 2.05) is 49.7 Å². The minimum Gasteiger partial charge on any atom is -0.458 e. The van der Waals surface area contributed by atoms with Gasteiger partial charge in [0.05, 0.1) is 12.4 Å². The molecule has 0 saturated carbocycles. The molecule has 1 heterocycles. The maximum atomic E-state index is 12.2. The Hall–Kier alpha value is -2.44. The number of carbonyl (C=O) groups excluding carboxylic acids is 1. The molecule has 0 aliphatic rings. The first-order valence-electron chi connectivity index (χ1n) is 9.13. The number of benzene rings is 1. The highest BCUT2D eigenvalue weighted by atomic mass is 16.7. The Bertz CT molecular complexity index is 734. The van der Waals surface area contributed by atoms with Crippen molar-refractivity contribution in [2.24, 2.45) is 5.90 Å². The fourth-order valence-electron chi connectivity index (χ4n) is 2.82. The number of esters is 1. The van der Waals surface area contributed by atoms with Gasteiger partial charge in [0.25, 0.3) is 0 Å². The molecule has 1 aromatic heterocycles. The van der Waals surface area contributed by atoms with E-state index in [4.69, 9.17) is 15.5 Å². The van der Waals surface area contributed by atoms with E-state index in [1.54, 1.807) is 12.5 Å². The van der Waals surface area contributed by atoms with E-state index in [1.165, 1.54) is 0 Å². The second kappa shape index (κ2) is 9.48. The highest BCUT2D eigenvalue weighted by Crippen LogP contribution is 2.28. The Morgan fingerprint density at radius 2 is 2.00 bits per heavy atom. The quantitative estimate of drug-likeness (QED) is 0.562. The van der Waals surface area contributed by atoms with Crippen LogP contribution in [0.5, 0.6) is 0 Å². The number of imidazole rings is 1. The molecule has 0 saturated heterocycles. The van der Waals surface area contributed by atoms with Crippen molar-refractivity contribution in [1.29, 1.82) is 0 Å². The van der Waals surface area contributed by atoms with Gasteiger partial charge in [0.2, 0.25) is 0 Å². The molecule has 146 valence electrons. The molecule has 6 heteroatoms. The lowest BCUT2D eigenvalue weighted by atomic mass is 9.97. The third-order valence-corrected chi connectivity index (χ3v) is 4.16. The third kappa shape index (κ3) is 6.34. The van der Waals surface area contributed by atoms with E-state index < -0.39 is 17.7 Å². The molecule has 2 aromatic rings. The Balaban J connectivity index is 2.13. The van der Waals surface area contributed by atoms with Crippen molar-refractivity contribution in [1.82, 2.24) is 9.55 Å². The van der Waals surface area contributed by atoms with Crippen LogP contribution in [0.4, 0.5) is 0 Å². The average Bonchev–Trinajstić information content (AvgIpc) is 3.15. The molecule has 0 aliphatic carbocycles. The molecule has 0 amide bonds. The second-order valence-electron chi connectivity index (χ2n) is 7.45. The predicted octanol–water partition coefficient (Wildman–Crippen LogP) is 3.91. The Morgan fingerprint density at radius 1 is 1.30 bits per heavy atom. The van der Waals surface area contributed by atoms with Gasteiger partial charge in [-0.15, -0.1) is 0 Å². The first-order valence-corrected chi connectivity index (χ1v) is 9.13. The zero-order chi connectivity index (χ0) is 19.9. The van der Waals surface area contributed by atoms with E-state index in [0.29, 0.717) is 12.8 Å². The van der Waals surface area contributed by atoms with Crippen LogP contribution in [0.3, 0.4) is 0 Å². The summed E-state index contributed by atoms with van der Waals surface area (Å²) in [7, 11) is 0. The molecule has 2 rings (SSSR count). The van der Waals surface area contributed by atoms with E-state index in [0.717, 1.165) is 11.1 Å². The molecule has 6 nitrogen and oxygen atoms in total. The number of nitrogens with two attached hydrogens (primary N) is 1. The predicted molar refractivity (Wildman–Crippen MR) is 105 cm³/mol. The van der Waals surface area contributed by atoms with Crippen molar-refractivity contribution in [2.45, 2.75) is 58.3 Å². The van der Waals surface area contributed by atoms with Crippen LogP contribution in [0.1, 0.15) is 52.1 Å². The summed E-state index contributed by atoms with van der Waals surface area (Å²) in [6.45, 7) is 7.57. The van der Waals surface area contributed by atoms with E-state index in [-0.39, 0.29) is 6.04 Å². The molecule has 27 heavy (non-hydrogen) atoms. The molecule has 2 N–H and O–H groups in total. The highest BCUT2D eigenvalue weighted by Gasteiger charge is 2.25. The van der Waals surface area contributed by atoms with Gasteiger partial charge in [-0.2, -0.15) is 0 Å². The fourth-order valence-corrected chi connectivity index (χ4v) is 2.82. The number of aromatic nitrogens is 2. The molecule has 0 spiro atoms. The average molecular weight is 371 g/mol. The van der Waals surface area contributed by atoms with Crippen LogP contribution in [0, 0.1) is 0 Å². The molecule has 2 atom stereocenters. The van der Waals surface area contributed by atoms with Crippen LogP contribution in [-0.4, -0.2) is 27.2 Å². The van der Waals surface area contributed by atoms with Crippen LogP contribution in [-0.2, 0) is 14.4 Å². The standard InChI is InChI=1S/C21H29N3O3/c1-16(24-14-13-23-15-24)18(17-9-6-5-7-10-17)11-8-12-19(27-22)20(25)26-21(2,3)4/h5-7,9-11,13-16,19H,8,12,22H2,1-4H3/b18-11-. The van der Waals surface area contributed by atoms with E-state index in [9.17, 15) is 4.79 Å². The third-order valence-electron chi connectivity index (χ3n) is 4.16. The van der Waals surface area contributed by atoms with Crippen LogP contribution < -0.4 is 5.90 Å². The Morgan fingerprint density at radius 3 is 2.56 bits per heavy atom. The zero-order valence-corrected chi connectivity index (χ0v) is 16.5. The van der Waals surface area contributed by atoms with E-state index in [2.05, 4.69) is 30.1 Å². The van der Waals surface area contributed by atoms with Gasteiger partial charge in [0.15, 0.2) is 6.10 Å². The maximum absolute atomic E-state index is 12.2. The molecule has 0 aliphatic heterocycles. The molecule has 2 unspecified atom stereocenters. The Kier molecular flexibility index (Phi) is 7.33. The number of rotatable bonds is 8. The summed E-state index contributed by atoms with van der Waals surface area (Å²) < 4.78 is 7.41. The molecule has 1 aromatic carbocycles. The summed E-state index contributed by atoms with van der Waals surface area (Å²) >= 11 is 0. The smallest absolute Gasteiger partial charge is 0.337 e. The lowest BCUT2D eigenvalue weighted by molar-refractivity contribution is -0.169.